The molecule has 0 spiro atoms. The third-order valence-corrected chi connectivity index (χ3v) is 2.31. The van der Waals surface area contributed by atoms with Gasteiger partial charge in [0.1, 0.15) is 0 Å². The third-order valence-electron chi connectivity index (χ3n) is 2.31. The van der Waals surface area contributed by atoms with E-state index in [-0.39, 0.29) is 5.69 Å². The highest BCUT2D eigenvalue weighted by Gasteiger charge is 2.09. The number of hydrogen-bond acceptors (Lipinski definition) is 4. The Morgan fingerprint density at radius 2 is 2.41 bits per heavy atom. The third kappa shape index (κ3) is 2.09. The van der Waals surface area contributed by atoms with Crippen LogP contribution in [0, 0.1) is 11.3 Å². The molecule has 6 heteroatoms. The lowest BCUT2D eigenvalue weighted by molar-refractivity contribution is 0.734. The van der Waals surface area contributed by atoms with Gasteiger partial charge in [0.2, 0.25) is 0 Å². The van der Waals surface area contributed by atoms with Gasteiger partial charge in [-0.25, -0.2) is 14.5 Å². The Bertz CT molecular complexity index is 619. The van der Waals surface area contributed by atoms with Crippen LogP contribution >= 0.6 is 0 Å². The van der Waals surface area contributed by atoms with Crippen molar-refractivity contribution in [3.05, 3.63) is 46.1 Å². The molecule has 0 saturated heterocycles. The van der Waals surface area contributed by atoms with Gasteiger partial charge in [-0.3, -0.25) is 0 Å². The monoisotopic (exact) mass is 229 g/mol. The maximum Gasteiger partial charge on any atom is 0.347 e. The van der Waals surface area contributed by atoms with Crippen molar-refractivity contribution < 1.29 is 0 Å². The largest absolute Gasteiger partial charge is 0.347 e. The second kappa shape index (κ2) is 4.63. The first kappa shape index (κ1) is 11.1. The number of nitrogens with zero attached hydrogens (tertiary/aromatic N) is 3. The second-order valence-electron chi connectivity index (χ2n) is 3.47. The van der Waals surface area contributed by atoms with E-state index in [1.54, 1.807) is 31.3 Å². The van der Waals surface area contributed by atoms with Crippen molar-refractivity contribution in [2.75, 3.05) is 7.05 Å². The minimum absolute atomic E-state index is 0.315. The molecule has 0 atom stereocenters. The van der Waals surface area contributed by atoms with Gasteiger partial charge in [-0.05, 0) is 25.2 Å². The molecular weight excluding hydrogens is 218 g/mol. The predicted octanol–water partition coefficient (Wildman–Crippen LogP) is 0.152. The molecule has 1 aromatic heterocycles. The van der Waals surface area contributed by atoms with Gasteiger partial charge in [0.15, 0.2) is 5.82 Å². The summed E-state index contributed by atoms with van der Waals surface area (Å²) in [7, 11) is 1.77. The van der Waals surface area contributed by atoms with Crippen LogP contribution in [-0.2, 0) is 6.54 Å². The maximum absolute atomic E-state index is 11.6. The number of H-pyrrole nitrogens is 1. The van der Waals surface area contributed by atoms with Gasteiger partial charge < -0.3 is 5.32 Å². The summed E-state index contributed by atoms with van der Waals surface area (Å²) in [6.45, 7) is 0.468. The summed E-state index contributed by atoms with van der Waals surface area (Å²) in [5.74, 6) is 0.576. The zero-order chi connectivity index (χ0) is 12.3. The van der Waals surface area contributed by atoms with E-state index in [1.807, 2.05) is 6.07 Å². The lowest BCUT2D eigenvalue weighted by Crippen LogP contribution is -2.19. The fourth-order valence-corrected chi connectivity index (χ4v) is 1.59. The van der Waals surface area contributed by atoms with Crippen molar-refractivity contribution >= 4 is 0 Å². The van der Waals surface area contributed by atoms with Crippen LogP contribution < -0.4 is 11.0 Å². The van der Waals surface area contributed by atoms with Crippen LogP contribution in [0.5, 0.6) is 0 Å². The normalized spacial score (nSPS) is 10.1. The molecule has 86 valence electrons. The number of aromatic nitrogens is 3. The molecule has 2 aromatic rings. The number of aromatic amines is 1. The van der Waals surface area contributed by atoms with Crippen molar-refractivity contribution in [2.24, 2.45) is 0 Å². The van der Waals surface area contributed by atoms with Crippen molar-refractivity contribution in [3.63, 3.8) is 0 Å². The fourth-order valence-electron chi connectivity index (χ4n) is 1.59. The smallest absolute Gasteiger partial charge is 0.313 e. The van der Waals surface area contributed by atoms with E-state index in [2.05, 4.69) is 15.5 Å². The molecule has 0 amide bonds. The lowest BCUT2D eigenvalue weighted by atomic mass is 10.2. The van der Waals surface area contributed by atoms with Crippen molar-refractivity contribution in [2.45, 2.75) is 6.54 Å². The lowest BCUT2D eigenvalue weighted by Gasteiger charge is -2.05. The molecule has 0 aliphatic carbocycles. The first-order valence-electron chi connectivity index (χ1n) is 5.07. The van der Waals surface area contributed by atoms with Crippen LogP contribution in [0.2, 0.25) is 0 Å². The van der Waals surface area contributed by atoms with E-state index in [1.165, 1.54) is 4.57 Å². The van der Waals surface area contributed by atoms with E-state index in [4.69, 9.17) is 5.26 Å². The van der Waals surface area contributed by atoms with Gasteiger partial charge in [0, 0.05) is 0 Å². The summed E-state index contributed by atoms with van der Waals surface area (Å²) in [6.07, 6.45) is 0. The van der Waals surface area contributed by atoms with Crippen LogP contribution in [0.25, 0.3) is 5.69 Å². The molecule has 0 radical (unpaired) electrons. The van der Waals surface area contributed by atoms with Gasteiger partial charge >= 0.3 is 5.69 Å². The zero-order valence-corrected chi connectivity index (χ0v) is 9.27. The molecule has 0 aliphatic heterocycles. The van der Waals surface area contributed by atoms with E-state index in [0.29, 0.717) is 23.6 Å². The molecule has 6 nitrogen and oxygen atoms in total. The highest BCUT2D eigenvalue weighted by molar-refractivity contribution is 5.41. The standard InChI is InChI=1S/C11H11N5O/c1-13-7-10-14-15-11(17)16(10)9-4-2-3-8(5-9)6-12/h2-5,13H,7H2,1H3,(H,15,17). The summed E-state index contributed by atoms with van der Waals surface area (Å²) in [5.41, 5.74) is 0.824. The summed E-state index contributed by atoms with van der Waals surface area (Å²) >= 11 is 0. The summed E-state index contributed by atoms with van der Waals surface area (Å²) in [6, 6.07) is 8.87. The van der Waals surface area contributed by atoms with E-state index in [0.717, 1.165) is 0 Å². The SMILES string of the molecule is CNCc1n[nH]c(=O)n1-c1cccc(C#N)c1. The average Bonchev–Trinajstić information content (AvgIpc) is 2.71. The van der Waals surface area contributed by atoms with Crippen LogP contribution in [0.1, 0.15) is 11.4 Å². The Morgan fingerprint density at radius 1 is 1.59 bits per heavy atom. The van der Waals surface area contributed by atoms with Crippen molar-refractivity contribution in [1.29, 1.82) is 5.26 Å². The van der Waals surface area contributed by atoms with Gasteiger partial charge in [-0.15, -0.1) is 0 Å². The molecule has 2 N–H and O–H groups in total. The molecule has 1 aromatic carbocycles. The van der Waals surface area contributed by atoms with Crippen LogP contribution in [0.3, 0.4) is 0 Å². The van der Waals surface area contributed by atoms with Crippen molar-refractivity contribution in [3.8, 4) is 11.8 Å². The first-order valence-corrected chi connectivity index (χ1v) is 5.07. The number of hydrogen-bond donors (Lipinski definition) is 2. The van der Waals surface area contributed by atoms with Gasteiger partial charge in [-0.2, -0.15) is 10.4 Å². The van der Waals surface area contributed by atoms with Gasteiger partial charge in [-0.1, -0.05) is 6.07 Å². The van der Waals surface area contributed by atoms with Crippen LogP contribution in [-0.4, -0.2) is 21.8 Å². The highest BCUT2D eigenvalue weighted by Crippen LogP contribution is 2.09. The molecular formula is C11H11N5O. The molecule has 0 saturated carbocycles. The van der Waals surface area contributed by atoms with E-state index in [9.17, 15) is 4.79 Å². The number of nitrogens with one attached hydrogen (secondary N) is 2. The zero-order valence-electron chi connectivity index (χ0n) is 9.27. The second-order valence-corrected chi connectivity index (χ2v) is 3.47. The summed E-state index contributed by atoms with van der Waals surface area (Å²) in [4.78, 5) is 11.6. The van der Waals surface area contributed by atoms with Crippen LogP contribution in [0.4, 0.5) is 0 Å². The fraction of sp³-hybridized carbons (Fsp3) is 0.182. The quantitative estimate of drug-likeness (QED) is 0.784. The Kier molecular flexibility index (Phi) is 3.03. The summed E-state index contributed by atoms with van der Waals surface area (Å²) < 4.78 is 1.44. The molecule has 0 aliphatic rings. The molecule has 0 unspecified atom stereocenters. The molecule has 0 bridgehead atoms. The minimum atomic E-state index is -0.315. The van der Waals surface area contributed by atoms with E-state index >= 15 is 0 Å². The Morgan fingerprint density at radius 3 is 3.12 bits per heavy atom. The molecule has 0 fully saturated rings. The first-order chi connectivity index (χ1) is 8.26. The molecule has 2 rings (SSSR count). The topological polar surface area (TPSA) is 86.5 Å². The van der Waals surface area contributed by atoms with Crippen LogP contribution in [0.15, 0.2) is 29.1 Å². The Hall–Kier alpha value is -2.39. The van der Waals surface area contributed by atoms with E-state index < -0.39 is 0 Å². The minimum Gasteiger partial charge on any atom is -0.313 e. The number of nitriles is 1. The van der Waals surface area contributed by atoms with Gasteiger partial charge in [0.05, 0.1) is 23.9 Å². The highest BCUT2D eigenvalue weighted by atomic mass is 16.1. The number of benzene rings is 1. The number of rotatable bonds is 3. The average molecular weight is 229 g/mol. The predicted molar refractivity (Wildman–Crippen MR) is 61.7 cm³/mol. The molecule has 1 heterocycles. The maximum atomic E-state index is 11.6. The molecule has 17 heavy (non-hydrogen) atoms. The Balaban J connectivity index is 2.56. The summed E-state index contributed by atoms with van der Waals surface area (Å²) in [5, 5.41) is 18.1. The van der Waals surface area contributed by atoms with Gasteiger partial charge in [0.25, 0.3) is 0 Å². The van der Waals surface area contributed by atoms with Crippen molar-refractivity contribution in [1.82, 2.24) is 20.1 Å². The Labute approximate surface area is 97.5 Å².